The minimum absolute atomic E-state index is 0.102. The molecule has 590 valence electrons. The number of hydrogen-bond acceptors (Lipinski definition) is 15. The summed E-state index contributed by atoms with van der Waals surface area (Å²) < 4.78 is 68.6. The largest absolute Gasteiger partial charge is 0.472 e. The molecule has 0 amide bonds. The molecule has 0 heterocycles. The maximum Gasteiger partial charge on any atom is 0.472 e. The molecule has 0 aliphatic heterocycles. The molecule has 6 atom stereocenters. The lowest BCUT2D eigenvalue weighted by molar-refractivity contribution is -0.161. The monoisotopic (exact) mass is 1460 g/mol. The second-order valence-electron chi connectivity index (χ2n) is 28.7. The Hall–Kier alpha value is -2.46. The maximum absolute atomic E-state index is 13.1. The van der Waals surface area contributed by atoms with E-state index < -0.39 is 97.5 Å². The van der Waals surface area contributed by atoms with Crippen molar-refractivity contribution in [2.45, 2.75) is 425 Å². The van der Waals surface area contributed by atoms with Gasteiger partial charge in [0, 0.05) is 25.7 Å². The first-order valence-corrected chi connectivity index (χ1v) is 44.5. The van der Waals surface area contributed by atoms with Crippen molar-refractivity contribution in [3.05, 3.63) is 24.3 Å². The molecule has 0 aromatic heterocycles. The van der Waals surface area contributed by atoms with Crippen LogP contribution in [-0.2, 0) is 65.4 Å². The number of ether oxygens (including phenoxy) is 4. The van der Waals surface area contributed by atoms with Gasteiger partial charge in [0.2, 0.25) is 0 Å². The predicted molar refractivity (Wildman–Crippen MR) is 409 cm³/mol. The molecule has 100 heavy (non-hydrogen) atoms. The van der Waals surface area contributed by atoms with Crippen molar-refractivity contribution in [3.63, 3.8) is 0 Å². The minimum atomic E-state index is -4.97. The Morgan fingerprint density at radius 3 is 0.850 bits per heavy atom. The lowest BCUT2D eigenvalue weighted by atomic mass is 9.99. The number of carbonyl (C=O) groups is 4. The molecule has 0 saturated heterocycles. The average molecular weight is 1460 g/mol. The highest BCUT2D eigenvalue weighted by Crippen LogP contribution is 2.45. The van der Waals surface area contributed by atoms with Gasteiger partial charge in [-0.2, -0.15) is 0 Å². The summed E-state index contributed by atoms with van der Waals surface area (Å²) >= 11 is 0. The third-order valence-corrected chi connectivity index (χ3v) is 20.7. The van der Waals surface area contributed by atoms with E-state index in [1.54, 1.807) is 0 Å². The molecule has 0 fully saturated rings. The van der Waals surface area contributed by atoms with Gasteiger partial charge < -0.3 is 33.8 Å². The highest BCUT2D eigenvalue weighted by molar-refractivity contribution is 7.47. The normalized spacial score (nSPS) is 14.3. The molecule has 0 rings (SSSR count). The van der Waals surface area contributed by atoms with E-state index in [-0.39, 0.29) is 25.7 Å². The summed E-state index contributed by atoms with van der Waals surface area (Å²) in [5, 5.41) is 10.6. The lowest BCUT2D eigenvalue weighted by Gasteiger charge is -2.21. The van der Waals surface area contributed by atoms with Crippen LogP contribution in [0, 0.1) is 5.92 Å². The standard InChI is InChI=1S/C81H154O17P2/c1-6-10-13-16-19-22-24-26-32-37-40-45-50-55-60-65-79(84)92-71-77(98-81(86)67-62-57-52-47-42-38-34-31-29-28-30-33-35-39-44-48-53-58-63-74(5)9-4)73-96-100(89,90)94-69-75(82)68-93-99(87,88)95-72-76(70-91-78(83)64-59-54-49-43-21-18-15-12-8-3)97-80(85)66-61-56-51-46-41-36-27-25-23-20-17-14-11-7-2/h22,24,26,32,74-77,82H,6-21,23,25,27-31,33-73H2,1-5H3,(H,87,88)(H,89,90)/b24-22-,32-26-/t74?,75-,76+,77+/m0/s1. The third-order valence-electron chi connectivity index (χ3n) is 18.8. The van der Waals surface area contributed by atoms with Crippen molar-refractivity contribution in [3.8, 4) is 0 Å². The number of phosphoric acid groups is 2. The highest BCUT2D eigenvalue weighted by atomic mass is 31.2. The molecule has 3 N–H and O–H groups in total. The van der Waals surface area contributed by atoms with E-state index in [2.05, 4.69) is 58.9 Å². The summed E-state index contributed by atoms with van der Waals surface area (Å²) in [5.41, 5.74) is 0. The van der Waals surface area contributed by atoms with E-state index in [4.69, 9.17) is 37.0 Å². The second kappa shape index (κ2) is 73.4. The Balaban J connectivity index is 5.23. The molecule has 0 bridgehead atoms. The Morgan fingerprint density at radius 1 is 0.320 bits per heavy atom. The molecule has 0 radical (unpaired) electrons. The predicted octanol–water partition coefficient (Wildman–Crippen LogP) is 24.0. The molecule has 19 heteroatoms. The van der Waals surface area contributed by atoms with E-state index in [1.807, 2.05) is 0 Å². The number of rotatable bonds is 79. The minimum Gasteiger partial charge on any atom is -0.462 e. The SMILES string of the molecule is CCCCCC/C=C\C=C/CCCCCCCC(=O)OC[C@H](COP(=O)(O)OC[C@@H](O)COP(=O)(O)OC[C@@H](COC(=O)CCCCCCCCCCC)OC(=O)CCCCCCCCCCCCCCCC)OC(=O)CCCCCCCCCCCCCCCCCCCCC(C)CC. The van der Waals surface area contributed by atoms with Crippen LogP contribution in [-0.4, -0.2) is 96.7 Å². The van der Waals surface area contributed by atoms with Crippen LogP contribution in [0.2, 0.25) is 0 Å². The Labute approximate surface area is 612 Å². The van der Waals surface area contributed by atoms with Crippen LogP contribution in [0.4, 0.5) is 0 Å². The number of esters is 4. The van der Waals surface area contributed by atoms with E-state index in [9.17, 15) is 43.2 Å². The van der Waals surface area contributed by atoms with Crippen LogP contribution in [0.5, 0.6) is 0 Å². The fourth-order valence-electron chi connectivity index (χ4n) is 12.0. The van der Waals surface area contributed by atoms with Crippen LogP contribution in [0.15, 0.2) is 24.3 Å². The molecule has 0 aliphatic rings. The van der Waals surface area contributed by atoms with Crippen molar-refractivity contribution >= 4 is 39.5 Å². The van der Waals surface area contributed by atoms with Crippen molar-refractivity contribution in [1.29, 1.82) is 0 Å². The fourth-order valence-corrected chi connectivity index (χ4v) is 13.6. The Morgan fingerprint density at radius 2 is 0.560 bits per heavy atom. The van der Waals surface area contributed by atoms with Gasteiger partial charge in [-0.05, 0) is 57.3 Å². The van der Waals surface area contributed by atoms with Gasteiger partial charge in [0.1, 0.15) is 19.3 Å². The van der Waals surface area contributed by atoms with Gasteiger partial charge in [-0.1, -0.05) is 354 Å². The molecular formula is C81H154O17P2. The lowest BCUT2D eigenvalue weighted by Crippen LogP contribution is -2.30. The van der Waals surface area contributed by atoms with E-state index in [0.717, 1.165) is 115 Å². The second-order valence-corrected chi connectivity index (χ2v) is 31.6. The van der Waals surface area contributed by atoms with E-state index in [0.29, 0.717) is 25.7 Å². The zero-order chi connectivity index (χ0) is 73.4. The Bertz CT molecular complexity index is 2010. The van der Waals surface area contributed by atoms with Gasteiger partial charge in [-0.25, -0.2) is 9.13 Å². The van der Waals surface area contributed by atoms with E-state index in [1.165, 1.54) is 212 Å². The zero-order valence-electron chi connectivity index (χ0n) is 64.8. The summed E-state index contributed by atoms with van der Waals surface area (Å²) in [7, 11) is -9.93. The number of unbranched alkanes of at least 4 members (excludes halogenated alkanes) is 47. The fraction of sp³-hybridized carbons (Fsp3) is 0.901. The number of allylic oxidation sites excluding steroid dienone is 4. The molecule has 0 aromatic rings. The van der Waals surface area contributed by atoms with Crippen molar-refractivity contribution in [2.24, 2.45) is 5.92 Å². The summed E-state index contributed by atoms with van der Waals surface area (Å²) in [4.78, 5) is 72.9. The summed E-state index contributed by atoms with van der Waals surface area (Å²) in [6.45, 7) is 7.31. The van der Waals surface area contributed by atoms with Gasteiger partial charge >= 0.3 is 39.5 Å². The average Bonchev–Trinajstić information content (AvgIpc) is 1.01. The topological polar surface area (TPSA) is 237 Å². The Kier molecular flexibility index (Phi) is 71.6. The zero-order valence-corrected chi connectivity index (χ0v) is 66.6. The maximum atomic E-state index is 13.1. The van der Waals surface area contributed by atoms with Gasteiger partial charge in [0.25, 0.3) is 0 Å². The number of carbonyl (C=O) groups excluding carboxylic acids is 4. The van der Waals surface area contributed by atoms with Crippen LogP contribution in [0.25, 0.3) is 0 Å². The first-order valence-electron chi connectivity index (χ1n) is 41.5. The quantitative estimate of drug-likeness (QED) is 0.0169. The highest BCUT2D eigenvalue weighted by Gasteiger charge is 2.30. The first-order chi connectivity index (χ1) is 48.6. The molecule has 0 spiro atoms. The van der Waals surface area contributed by atoms with Gasteiger partial charge in [0.15, 0.2) is 12.2 Å². The molecule has 0 aromatic carbocycles. The number of hydrogen-bond donors (Lipinski definition) is 3. The number of aliphatic hydroxyl groups is 1. The number of aliphatic hydroxyl groups excluding tert-OH is 1. The van der Waals surface area contributed by atoms with Crippen molar-refractivity contribution in [2.75, 3.05) is 39.6 Å². The van der Waals surface area contributed by atoms with Crippen molar-refractivity contribution < 1.29 is 80.2 Å². The van der Waals surface area contributed by atoms with Crippen LogP contribution >= 0.6 is 15.6 Å². The summed E-state index contributed by atoms with van der Waals surface area (Å²) in [5.74, 6) is -1.27. The van der Waals surface area contributed by atoms with E-state index >= 15 is 0 Å². The molecular weight excluding hydrogens is 1310 g/mol. The summed E-state index contributed by atoms with van der Waals surface area (Å²) in [6.07, 6.45) is 67.4. The van der Waals surface area contributed by atoms with Crippen molar-refractivity contribution in [1.82, 2.24) is 0 Å². The van der Waals surface area contributed by atoms with Crippen LogP contribution < -0.4 is 0 Å². The molecule has 3 unspecified atom stereocenters. The molecule has 0 saturated carbocycles. The summed E-state index contributed by atoms with van der Waals surface area (Å²) in [6, 6.07) is 0. The van der Waals surface area contributed by atoms with Gasteiger partial charge in [-0.3, -0.25) is 37.3 Å². The molecule has 0 aliphatic carbocycles. The van der Waals surface area contributed by atoms with Gasteiger partial charge in [0.05, 0.1) is 26.4 Å². The van der Waals surface area contributed by atoms with Gasteiger partial charge in [-0.15, -0.1) is 0 Å². The van der Waals surface area contributed by atoms with Crippen LogP contribution in [0.1, 0.15) is 407 Å². The third kappa shape index (κ3) is 72.5. The molecule has 17 nitrogen and oxygen atoms in total. The number of phosphoric ester groups is 2. The first kappa shape index (κ1) is 97.5. The smallest absolute Gasteiger partial charge is 0.462 e. The van der Waals surface area contributed by atoms with Crippen LogP contribution in [0.3, 0.4) is 0 Å².